The fourth-order valence-corrected chi connectivity index (χ4v) is 2.11. The second kappa shape index (κ2) is 3.37. The van der Waals surface area contributed by atoms with Gasteiger partial charge in [0.2, 0.25) is 0 Å². The zero-order valence-electron chi connectivity index (χ0n) is 7.63. The van der Waals surface area contributed by atoms with Crippen LogP contribution in [-0.2, 0) is 0 Å². The summed E-state index contributed by atoms with van der Waals surface area (Å²) in [5.41, 5.74) is 0.527. The highest BCUT2D eigenvalue weighted by Gasteiger charge is 2.32. The molecule has 0 amide bonds. The van der Waals surface area contributed by atoms with E-state index in [0.29, 0.717) is 15.2 Å². The first kappa shape index (κ1) is 10.2. The van der Waals surface area contributed by atoms with Gasteiger partial charge in [-0.25, -0.2) is 4.98 Å². The average Bonchev–Trinajstić information content (AvgIpc) is 2.43. The smallest absolute Gasteiger partial charge is 0.404 e. The van der Waals surface area contributed by atoms with Crippen LogP contribution in [0.25, 0.3) is 10.2 Å². The Morgan fingerprint density at radius 1 is 1.33 bits per heavy atom. The van der Waals surface area contributed by atoms with Gasteiger partial charge < -0.3 is 4.74 Å². The molecule has 15 heavy (non-hydrogen) atoms. The zero-order chi connectivity index (χ0) is 11.1. The maximum absolute atomic E-state index is 12.0. The lowest BCUT2D eigenvalue weighted by Gasteiger charge is -2.08. The van der Waals surface area contributed by atoms with E-state index in [1.165, 1.54) is 23.5 Å². The van der Waals surface area contributed by atoms with Crippen molar-refractivity contribution in [3.63, 3.8) is 0 Å². The summed E-state index contributed by atoms with van der Waals surface area (Å²) in [7, 11) is 0. The Bertz CT molecular complexity index is 492. The zero-order valence-corrected chi connectivity index (χ0v) is 8.45. The van der Waals surface area contributed by atoms with Crippen molar-refractivity contribution < 1.29 is 17.9 Å². The van der Waals surface area contributed by atoms with E-state index in [4.69, 9.17) is 0 Å². The third kappa shape index (κ3) is 2.20. The number of nitrogens with zero attached hydrogens (tertiary/aromatic N) is 1. The normalized spacial score (nSPS) is 12.0. The molecule has 1 aromatic carbocycles. The summed E-state index contributed by atoms with van der Waals surface area (Å²) >= 11 is 1.18. The second-order valence-electron chi connectivity index (χ2n) is 2.89. The second-order valence-corrected chi connectivity index (χ2v) is 4.09. The number of alkyl halides is 3. The Hall–Kier alpha value is -1.30. The first-order chi connectivity index (χ1) is 6.96. The largest absolute Gasteiger partial charge is 0.573 e. The SMILES string of the molecule is Cc1nc2cccc(OC(F)(F)F)c2s1. The van der Waals surface area contributed by atoms with Crippen LogP contribution < -0.4 is 4.74 Å². The van der Waals surface area contributed by atoms with Crippen LogP contribution >= 0.6 is 11.3 Å². The predicted molar refractivity (Wildman–Crippen MR) is 51.0 cm³/mol. The van der Waals surface area contributed by atoms with Gasteiger partial charge in [-0.1, -0.05) is 6.07 Å². The van der Waals surface area contributed by atoms with Crippen LogP contribution in [0, 0.1) is 6.92 Å². The molecule has 2 rings (SSSR count). The van der Waals surface area contributed by atoms with Crippen LogP contribution in [-0.4, -0.2) is 11.3 Å². The number of hydrogen-bond acceptors (Lipinski definition) is 3. The number of hydrogen-bond donors (Lipinski definition) is 0. The van der Waals surface area contributed by atoms with Crippen molar-refractivity contribution in [3.05, 3.63) is 23.2 Å². The Labute approximate surface area is 87.3 Å². The minimum Gasteiger partial charge on any atom is -0.404 e. The monoisotopic (exact) mass is 233 g/mol. The summed E-state index contributed by atoms with van der Waals surface area (Å²) in [6.45, 7) is 1.74. The van der Waals surface area contributed by atoms with E-state index in [2.05, 4.69) is 9.72 Å². The van der Waals surface area contributed by atoms with Gasteiger partial charge in [0.05, 0.1) is 15.2 Å². The number of aryl methyl sites for hydroxylation is 1. The Balaban J connectivity index is 2.51. The summed E-state index contributed by atoms with van der Waals surface area (Å²) in [6.07, 6.45) is -4.66. The van der Waals surface area contributed by atoms with Gasteiger partial charge in [-0.15, -0.1) is 24.5 Å². The van der Waals surface area contributed by atoms with Gasteiger partial charge in [0.15, 0.2) is 0 Å². The van der Waals surface area contributed by atoms with E-state index in [9.17, 15) is 13.2 Å². The van der Waals surface area contributed by atoms with Crippen LogP contribution in [0.1, 0.15) is 5.01 Å². The first-order valence-corrected chi connectivity index (χ1v) is 4.89. The Morgan fingerprint density at radius 2 is 2.07 bits per heavy atom. The van der Waals surface area contributed by atoms with Crippen LogP contribution in [0.15, 0.2) is 18.2 Å². The third-order valence-electron chi connectivity index (χ3n) is 1.71. The molecule has 2 nitrogen and oxygen atoms in total. The van der Waals surface area contributed by atoms with Gasteiger partial charge in [-0.05, 0) is 19.1 Å². The number of benzene rings is 1. The van der Waals surface area contributed by atoms with Gasteiger partial charge in [-0.2, -0.15) is 0 Å². The van der Waals surface area contributed by atoms with Crippen molar-refractivity contribution in [2.75, 3.05) is 0 Å². The molecule has 0 bridgehead atoms. The minimum absolute atomic E-state index is 0.189. The summed E-state index contributed by atoms with van der Waals surface area (Å²) in [4.78, 5) is 4.07. The fraction of sp³-hybridized carbons (Fsp3) is 0.222. The van der Waals surface area contributed by atoms with Crippen molar-refractivity contribution in [2.45, 2.75) is 13.3 Å². The Morgan fingerprint density at radius 3 is 2.73 bits per heavy atom. The molecule has 0 atom stereocenters. The highest BCUT2D eigenvalue weighted by atomic mass is 32.1. The maximum Gasteiger partial charge on any atom is 0.573 e. The molecule has 0 saturated carbocycles. The maximum atomic E-state index is 12.0. The number of aromatic nitrogens is 1. The summed E-state index contributed by atoms with van der Waals surface area (Å²) in [6, 6.07) is 4.43. The van der Waals surface area contributed by atoms with E-state index in [1.54, 1.807) is 13.0 Å². The van der Waals surface area contributed by atoms with Gasteiger partial charge in [0.25, 0.3) is 0 Å². The van der Waals surface area contributed by atoms with Crippen molar-refractivity contribution in [2.24, 2.45) is 0 Å². The first-order valence-electron chi connectivity index (χ1n) is 4.07. The lowest BCUT2D eigenvalue weighted by atomic mass is 10.3. The Kier molecular flexibility index (Phi) is 2.30. The fourth-order valence-electron chi connectivity index (χ4n) is 1.24. The molecule has 0 radical (unpaired) electrons. The van der Waals surface area contributed by atoms with E-state index >= 15 is 0 Å². The summed E-state index contributed by atoms with van der Waals surface area (Å²) in [5, 5.41) is 0.711. The van der Waals surface area contributed by atoms with Crippen molar-refractivity contribution >= 4 is 21.6 Å². The van der Waals surface area contributed by atoms with Gasteiger partial charge in [-0.3, -0.25) is 0 Å². The molecule has 80 valence electrons. The molecule has 0 fully saturated rings. The standard InChI is InChI=1S/C9H6F3NOS/c1-5-13-6-3-2-4-7(8(6)15-5)14-9(10,11)12/h2-4H,1H3. The summed E-state index contributed by atoms with van der Waals surface area (Å²) in [5.74, 6) is -0.189. The van der Waals surface area contributed by atoms with Crippen LogP contribution in [0.3, 0.4) is 0 Å². The minimum atomic E-state index is -4.66. The lowest BCUT2D eigenvalue weighted by Crippen LogP contribution is -2.17. The number of fused-ring (bicyclic) bond motifs is 1. The van der Waals surface area contributed by atoms with E-state index in [1.807, 2.05) is 0 Å². The van der Waals surface area contributed by atoms with Crippen LogP contribution in [0.5, 0.6) is 5.75 Å². The molecular weight excluding hydrogens is 227 g/mol. The van der Waals surface area contributed by atoms with Gasteiger partial charge in [0, 0.05) is 0 Å². The van der Waals surface area contributed by atoms with E-state index in [0.717, 1.165) is 0 Å². The van der Waals surface area contributed by atoms with E-state index < -0.39 is 6.36 Å². The van der Waals surface area contributed by atoms with Gasteiger partial charge >= 0.3 is 6.36 Å². The highest BCUT2D eigenvalue weighted by Crippen LogP contribution is 2.34. The average molecular weight is 233 g/mol. The molecule has 2 aromatic rings. The molecule has 6 heteroatoms. The topological polar surface area (TPSA) is 22.1 Å². The number of ether oxygens (including phenoxy) is 1. The molecule has 0 N–H and O–H groups in total. The van der Waals surface area contributed by atoms with Gasteiger partial charge in [0.1, 0.15) is 5.75 Å². The molecule has 1 heterocycles. The number of rotatable bonds is 1. The van der Waals surface area contributed by atoms with Crippen molar-refractivity contribution in [1.29, 1.82) is 0 Å². The molecule has 0 aliphatic carbocycles. The lowest BCUT2D eigenvalue weighted by molar-refractivity contribution is -0.274. The van der Waals surface area contributed by atoms with Crippen molar-refractivity contribution in [1.82, 2.24) is 4.98 Å². The molecule has 1 aromatic heterocycles. The number of thiazole rings is 1. The molecule has 0 aliphatic heterocycles. The molecule has 0 aliphatic rings. The molecule has 0 spiro atoms. The van der Waals surface area contributed by atoms with Crippen molar-refractivity contribution in [3.8, 4) is 5.75 Å². The third-order valence-corrected chi connectivity index (χ3v) is 2.71. The quantitative estimate of drug-likeness (QED) is 0.752. The van der Waals surface area contributed by atoms with E-state index in [-0.39, 0.29) is 5.75 Å². The number of halogens is 3. The van der Waals surface area contributed by atoms with Crippen LogP contribution in [0.2, 0.25) is 0 Å². The molecule has 0 unspecified atom stereocenters. The predicted octanol–water partition coefficient (Wildman–Crippen LogP) is 3.50. The molecule has 0 saturated heterocycles. The summed E-state index contributed by atoms with van der Waals surface area (Å²) < 4.78 is 40.4. The van der Waals surface area contributed by atoms with Crippen LogP contribution in [0.4, 0.5) is 13.2 Å². The molecular formula is C9H6F3NOS. The highest BCUT2D eigenvalue weighted by molar-refractivity contribution is 7.18.